The third kappa shape index (κ3) is 20.6. The molecule has 6 aliphatic heterocycles. The number of carbonyl (C=O) groups is 7. The van der Waals surface area contributed by atoms with Gasteiger partial charge < -0.3 is 49.4 Å². The van der Waals surface area contributed by atoms with E-state index in [1.807, 2.05) is 250 Å². The first-order valence-corrected chi connectivity index (χ1v) is 49.6. The Bertz CT molecular complexity index is 7090. The number of nitrogens with zero attached hydrogens (tertiary/aromatic N) is 13. The van der Waals surface area contributed by atoms with E-state index >= 15 is 0 Å². The molecule has 142 heavy (non-hydrogen) atoms. The van der Waals surface area contributed by atoms with Gasteiger partial charge in [-0.1, -0.05) is 205 Å². The Hall–Kier alpha value is -15.0. The Morgan fingerprint density at radius 1 is 0.549 bits per heavy atom. The van der Waals surface area contributed by atoms with E-state index < -0.39 is 39.7 Å². The van der Waals surface area contributed by atoms with Crippen molar-refractivity contribution in [1.82, 2.24) is 39.7 Å². The standard InChI is InChI=1S/C28H27N5O3S.C22H20N4O.C21H20ClN3OS.C21H25N5O2.C17H16ClN3OS/c1-28(23-12-21(17-37-23)20-10-6-9-19(11-20)13-29)24(25(34)32(2)26(30)31-28)22-14-33(15-22)27(35)36-16-18-7-4-3-5-8-18;1-26-20(27)14-22(25-21(26)23,18-9-3-2-4-10-18)19-11-5-7-16(13-19)17-8-6-12-24-15-17;1-12-4-5-17(22)15(8-12)16-10-14(9-13-6-7-27-19(13)16)21(2)11-18(26)25(3)20(23)24-21;22-15-18(27)24-13-7-8-14-26-19(28)21(25-20(26)23,16-9-3-1-4-10-16)17-11-5-2-6-12-17;1-21-15(22)17(11-5-6-11,20-16(21)19)14-8-7-13(23-14)10-3-2-4-12(18)9-10/h3-12,17,22,24H,14-16H2,1-2H3,(H2,30,31);2-13,15H,14H2,1H3,(H2,23,25);4-10H,11H2,1-3H3,(H2,23,24);1-6,9-12H,7-8,13-15,22H2,(H2,23,25)(H,24,27);2-4,7-9,11H,5-6H2,1H3,(H2,19,20)/t24-,28-;;21-;;/m1.0../s1. The smallest absolute Gasteiger partial charge is 0.410 e. The maximum Gasteiger partial charge on any atom is 0.410 e. The minimum Gasteiger partial charge on any atom is -0.445 e. The second-order valence-electron chi connectivity index (χ2n) is 36.1. The van der Waals surface area contributed by atoms with Crippen molar-refractivity contribution in [2.45, 2.75) is 93.6 Å². The number of amides is 7. The van der Waals surface area contributed by atoms with Crippen molar-refractivity contribution < 1.29 is 38.3 Å². The molecule has 28 nitrogen and oxygen atoms in total. The van der Waals surface area contributed by atoms with Gasteiger partial charge in [-0.25, -0.2) is 29.8 Å². The summed E-state index contributed by atoms with van der Waals surface area (Å²) in [5.74, 6) is 0.263. The second-order valence-corrected chi connectivity index (χ2v) is 39.9. The van der Waals surface area contributed by atoms with Crippen LogP contribution in [0.2, 0.25) is 10.0 Å². The topological polar surface area (TPSA) is 415 Å². The summed E-state index contributed by atoms with van der Waals surface area (Å²) in [6.07, 6.45) is 7.12. The fraction of sp³-hybridized carbons (Fsp3) is 0.248. The van der Waals surface area contributed by atoms with Crippen molar-refractivity contribution in [3.8, 4) is 49.9 Å². The molecule has 9 aromatic carbocycles. The molecule has 4 aromatic heterocycles. The Morgan fingerprint density at radius 2 is 1.17 bits per heavy atom. The average molecular weight is 1990 g/mol. The lowest BCUT2D eigenvalue weighted by atomic mass is 9.71. The van der Waals surface area contributed by atoms with Gasteiger partial charge in [0, 0.05) is 113 Å². The van der Waals surface area contributed by atoms with Gasteiger partial charge in [-0.2, -0.15) is 5.26 Å². The molecule has 0 radical (unpaired) electrons. The van der Waals surface area contributed by atoms with E-state index in [0.29, 0.717) is 60.6 Å². The van der Waals surface area contributed by atoms with Crippen molar-refractivity contribution in [2.75, 3.05) is 60.9 Å². The summed E-state index contributed by atoms with van der Waals surface area (Å²) < 4.78 is 6.64. The molecule has 1 saturated carbocycles. The summed E-state index contributed by atoms with van der Waals surface area (Å²) in [6, 6.07) is 86.0. The number of likely N-dealkylation sites (N-methyl/N-ethyl adjacent to an activating group) is 1. The fourth-order valence-corrected chi connectivity index (χ4v) is 22.1. The highest BCUT2D eigenvalue weighted by Gasteiger charge is 2.59. The van der Waals surface area contributed by atoms with Crippen LogP contribution in [0, 0.1) is 36.0 Å². The number of aryl methyl sites for hydroxylation is 1. The first-order valence-electron chi connectivity index (χ1n) is 46.3. The maximum absolute atomic E-state index is 13.5. The highest BCUT2D eigenvalue weighted by atomic mass is 35.5. The Balaban J connectivity index is 0.000000129. The number of guanidine groups is 5. The lowest BCUT2D eigenvalue weighted by molar-refractivity contribution is -0.139. The van der Waals surface area contributed by atoms with Gasteiger partial charge in [0.2, 0.25) is 23.6 Å². The SMILES string of the molecule is CN1C(=O)C(c2ccc(-c3cccc(Cl)c3)s2)(C2CC2)N=C1N.CN1C(=O)CC(c2ccccc2)(c2cccc(-c3cccnc3)c2)N=C1N.CN1C(=O)[C@@H](C2CN(C(=O)OCc3ccccc3)C2)[C@@](C)(c2cc(-c3cccc(C#N)c3)cs2)N=C1N.Cc1ccc(Cl)c(-c2cc([C@]3(C)CC(=O)N(C)C(N)=N3)cc3ccsc23)c1.NCC(=O)NCCCCN1C(=O)C(c2ccccc2)(c2ccccc2)N=C1N. The number of pyridine rings is 1. The molecule has 13 N–H and O–H groups in total. The molecule has 2 unspecified atom stereocenters. The quantitative estimate of drug-likeness (QED) is 0.0329. The Labute approximate surface area is 845 Å². The number of carbonyl (C=O) groups excluding carboxylic acids is 7. The number of nitriles is 1. The number of nitrogens with one attached hydrogen (secondary N) is 1. The number of aliphatic imine (C=N–C) groups is 5. The molecule has 7 aliphatic rings. The first-order chi connectivity index (χ1) is 68.3. The van der Waals surface area contributed by atoms with Gasteiger partial charge in [0.05, 0.1) is 42.5 Å². The fourth-order valence-electron chi connectivity index (χ4n) is 18.5. The van der Waals surface area contributed by atoms with E-state index in [1.54, 1.807) is 68.0 Å². The molecular weight excluding hydrogens is 1880 g/mol. The number of thiophene rings is 3. The van der Waals surface area contributed by atoms with Crippen LogP contribution in [0.3, 0.4) is 0 Å². The van der Waals surface area contributed by atoms with Crippen LogP contribution in [-0.2, 0) is 67.8 Å². The normalized spacial score (nSPS) is 20.2. The zero-order valence-corrected chi connectivity index (χ0v) is 83.3. The molecule has 33 heteroatoms. The van der Waals surface area contributed by atoms with Crippen molar-refractivity contribution in [2.24, 2.45) is 77.1 Å². The average Bonchev–Trinajstić information content (AvgIpc) is 1.59. The largest absolute Gasteiger partial charge is 0.445 e. The van der Waals surface area contributed by atoms with Crippen molar-refractivity contribution in [3.05, 3.63) is 348 Å². The molecule has 0 bridgehead atoms. The van der Waals surface area contributed by atoms with E-state index in [-0.39, 0.29) is 97.1 Å². The molecule has 1 aliphatic carbocycles. The van der Waals surface area contributed by atoms with Crippen LogP contribution in [0.4, 0.5) is 4.79 Å². The number of halogens is 2. The zero-order chi connectivity index (χ0) is 101. The molecule has 2 fully saturated rings. The number of likely N-dealkylation sites (tertiary alicyclic amines) is 1. The predicted octanol–water partition coefficient (Wildman–Crippen LogP) is 16.7. The highest BCUT2D eigenvalue weighted by molar-refractivity contribution is 7.17. The van der Waals surface area contributed by atoms with Crippen LogP contribution in [0.5, 0.6) is 0 Å². The number of ether oxygens (including phenoxy) is 1. The van der Waals surface area contributed by atoms with Gasteiger partial charge in [0.1, 0.15) is 17.7 Å². The number of fused-ring (bicyclic) bond motifs is 1. The van der Waals surface area contributed by atoms with Crippen LogP contribution < -0.4 is 39.7 Å². The minimum absolute atomic E-state index is 0.0167. The highest BCUT2D eigenvalue weighted by Crippen LogP contribution is 2.55. The van der Waals surface area contributed by atoms with Crippen molar-refractivity contribution in [3.63, 3.8) is 0 Å². The van der Waals surface area contributed by atoms with E-state index in [9.17, 15) is 38.8 Å². The molecule has 1 saturated heterocycles. The van der Waals surface area contributed by atoms with Crippen LogP contribution in [0.15, 0.2) is 309 Å². The number of unbranched alkanes of at least 4 members (excludes halogenated alkanes) is 1. The molecule has 7 amide bonds. The van der Waals surface area contributed by atoms with Gasteiger partial charge in [-0.3, -0.25) is 58.3 Å². The molecule has 10 heterocycles. The summed E-state index contributed by atoms with van der Waals surface area (Å²) in [6.45, 7) is 7.89. The Kier molecular flexibility index (Phi) is 30.0. The number of nitrogens with two attached hydrogens (primary N) is 6. The summed E-state index contributed by atoms with van der Waals surface area (Å²) in [4.78, 5) is 128. The molecular formula is C109H108Cl2N20O8S3. The van der Waals surface area contributed by atoms with Crippen molar-refractivity contribution in [1.29, 1.82) is 5.26 Å². The molecule has 20 rings (SSSR count). The van der Waals surface area contributed by atoms with E-state index in [2.05, 4.69) is 74.0 Å². The monoisotopic (exact) mass is 1990 g/mol. The van der Waals surface area contributed by atoms with E-state index in [0.717, 1.165) is 111 Å². The molecule has 5 atom stereocenters. The number of hydrogen-bond acceptors (Lipinski definition) is 24. The van der Waals surface area contributed by atoms with Gasteiger partial charge >= 0.3 is 6.09 Å². The van der Waals surface area contributed by atoms with Gasteiger partial charge in [0.25, 0.3) is 11.8 Å². The minimum atomic E-state index is -1.17. The third-order valence-electron chi connectivity index (χ3n) is 26.7. The second kappa shape index (κ2) is 42.6. The molecule has 13 aromatic rings. The van der Waals surface area contributed by atoms with Crippen LogP contribution >= 0.6 is 57.2 Å². The molecule has 724 valence electrons. The van der Waals surface area contributed by atoms with E-state index in [4.69, 9.17) is 72.3 Å². The molecule has 0 spiro atoms. The van der Waals surface area contributed by atoms with Crippen LogP contribution in [0.1, 0.15) is 107 Å². The summed E-state index contributed by atoms with van der Waals surface area (Å²) in [5.41, 5.74) is 45.3. The number of benzene rings is 9. The maximum atomic E-state index is 13.5. The van der Waals surface area contributed by atoms with Crippen LogP contribution in [-0.4, -0.2) is 167 Å². The summed E-state index contributed by atoms with van der Waals surface area (Å²) in [7, 11) is 6.63. The predicted molar refractivity (Wildman–Crippen MR) is 563 cm³/mol. The lowest BCUT2D eigenvalue weighted by Gasteiger charge is -2.49. The Morgan fingerprint density at radius 3 is 1.80 bits per heavy atom. The van der Waals surface area contributed by atoms with Gasteiger partial charge in [-0.05, 0) is 215 Å². The van der Waals surface area contributed by atoms with Gasteiger partial charge in [0.15, 0.2) is 40.9 Å². The zero-order valence-electron chi connectivity index (χ0n) is 79.4. The number of hydrogen-bond donors (Lipinski definition) is 7. The number of rotatable bonds is 21. The van der Waals surface area contributed by atoms with Gasteiger partial charge in [-0.15, -0.1) is 34.0 Å². The number of aromatic nitrogens is 1. The van der Waals surface area contributed by atoms with Crippen molar-refractivity contribution >= 4 is 139 Å². The first kappa shape index (κ1) is 100.0. The van der Waals surface area contributed by atoms with E-state index in [1.165, 1.54) is 40.5 Å². The third-order valence-corrected chi connectivity index (χ3v) is 30.6. The lowest BCUT2D eigenvalue weighted by Crippen LogP contribution is -2.63. The van der Waals surface area contributed by atoms with Crippen LogP contribution in [0.25, 0.3) is 53.9 Å². The summed E-state index contributed by atoms with van der Waals surface area (Å²) >= 11 is 17.4. The summed E-state index contributed by atoms with van der Waals surface area (Å²) in [5, 5.41) is 18.6.